The zero-order chi connectivity index (χ0) is 13.9. The van der Waals surface area contributed by atoms with Crippen LogP contribution in [0.4, 0.5) is 24.5 Å². The molecule has 0 aliphatic heterocycles. The predicted octanol–water partition coefficient (Wildman–Crippen LogP) is 2.72. The second-order valence-corrected chi connectivity index (χ2v) is 3.97. The lowest BCUT2D eigenvalue weighted by molar-refractivity contribution is -0.136. The second kappa shape index (κ2) is 5.16. The molecule has 1 rings (SSSR count). The maximum atomic E-state index is 12.2. The third-order valence-electron chi connectivity index (χ3n) is 2.24. The lowest BCUT2D eigenvalue weighted by atomic mass is 10.1. The number of halogens is 3. The largest absolute Gasteiger partial charge is 0.478 e. The zero-order valence-electron chi connectivity index (χ0n) is 9.58. The van der Waals surface area contributed by atoms with Gasteiger partial charge in [-0.2, -0.15) is 13.2 Å². The van der Waals surface area contributed by atoms with E-state index in [1.165, 1.54) is 25.1 Å². The van der Waals surface area contributed by atoms with E-state index in [-0.39, 0.29) is 16.9 Å². The number of hydrogen-bond donors (Lipinski definition) is 3. The van der Waals surface area contributed by atoms with E-state index in [4.69, 9.17) is 10.8 Å². The number of benzene rings is 1. The first-order chi connectivity index (χ1) is 8.19. The number of hydrogen-bond acceptors (Lipinski definition) is 3. The Kier molecular flexibility index (Phi) is 4.05. The second-order valence-electron chi connectivity index (χ2n) is 3.97. The molecule has 18 heavy (non-hydrogen) atoms. The standard InChI is InChI=1S/C11H13F3N2O2/c1-6(5-11(12,13)14)16-9-4-7(10(17)18)2-3-8(9)15/h2-4,6,16H,5,15H2,1H3,(H,17,18). The summed E-state index contributed by atoms with van der Waals surface area (Å²) < 4.78 is 36.5. The van der Waals surface area contributed by atoms with Crippen molar-refractivity contribution in [3.05, 3.63) is 23.8 Å². The van der Waals surface area contributed by atoms with Gasteiger partial charge in [0.1, 0.15) is 0 Å². The number of nitrogen functional groups attached to an aromatic ring is 1. The van der Waals surface area contributed by atoms with Gasteiger partial charge >= 0.3 is 12.1 Å². The normalized spacial score (nSPS) is 13.1. The number of anilines is 2. The van der Waals surface area contributed by atoms with Gasteiger partial charge < -0.3 is 16.2 Å². The maximum Gasteiger partial charge on any atom is 0.391 e. The molecule has 100 valence electrons. The first kappa shape index (κ1) is 14.1. The van der Waals surface area contributed by atoms with Crippen molar-refractivity contribution in [2.24, 2.45) is 0 Å². The van der Waals surface area contributed by atoms with Crippen LogP contribution in [-0.4, -0.2) is 23.3 Å². The van der Waals surface area contributed by atoms with Crippen LogP contribution in [0.2, 0.25) is 0 Å². The van der Waals surface area contributed by atoms with Crippen LogP contribution in [-0.2, 0) is 0 Å². The van der Waals surface area contributed by atoms with Gasteiger partial charge in [0.05, 0.1) is 23.4 Å². The van der Waals surface area contributed by atoms with Crippen LogP contribution in [0, 0.1) is 0 Å². The minimum absolute atomic E-state index is 0.0362. The minimum Gasteiger partial charge on any atom is -0.478 e. The van der Waals surface area contributed by atoms with Crippen LogP contribution >= 0.6 is 0 Å². The highest BCUT2D eigenvalue weighted by Crippen LogP contribution is 2.26. The Morgan fingerprint density at radius 2 is 2.11 bits per heavy atom. The molecule has 0 aliphatic rings. The molecule has 4 N–H and O–H groups in total. The minimum atomic E-state index is -4.29. The molecule has 4 nitrogen and oxygen atoms in total. The fourth-order valence-corrected chi connectivity index (χ4v) is 1.48. The fraction of sp³-hybridized carbons (Fsp3) is 0.364. The predicted molar refractivity (Wildman–Crippen MR) is 61.6 cm³/mol. The molecule has 1 atom stereocenters. The maximum absolute atomic E-state index is 12.2. The van der Waals surface area contributed by atoms with Gasteiger partial charge in [0, 0.05) is 6.04 Å². The number of nitrogens with one attached hydrogen (secondary N) is 1. The molecule has 0 saturated heterocycles. The fourth-order valence-electron chi connectivity index (χ4n) is 1.48. The van der Waals surface area contributed by atoms with Crippen molar-refractivity contribution < 1.29 is 23.1 Å². The molecular weight excluding hydrogens is 249 g/mol. The summed E-state index contributed by atoms with van der Waals surface area (Å²) in [6.45, 7) is 1.35. The van der Waals surface area contributed by atoms with Crippen molar-refractivity contribution in [1.82, 2.24) is 0 Å². The summed E-state index contributed by atoms with van der Waals surface area (Å²) in [6.07, 6.45) is -5.31. The van der Waals surface area contributed by atoms with Gasteiger partial charge in [-0.1, -0.05) is 0 Å². The Morgan fingerprint density at radius 3 is 2.61 bits per heavy atom. The third kappa shape index (κ3) is 4.15. The molecular formula is C11H13F3N2O2. The summed E-state index contributed by atoms with van der Waals surface area (Å²) in [7, 11) is 0. The number of aromatic carboxylic acids is 1. The number of carboxylic acid groups (broad SMARTS) is 1. The molecule has 0 radical (unpaired) electrons. The summed E-state index contributed by atoms with van der Waals surface area (Å²) in [5.74, 6) is -1.17. The van der Waals surface area contributed by atoms with Crippen molar-refractivity contribution in [3.8, 4) is 0 Å². The van der Waals surface area contributed by atoms with Crippen molar-refractivity contribution in [2.45, 2.75) is 25.6 Å². The molecule has 1 aromatic rings. The van der Waals surface area contributed by atoms with Crippen molar-refractivity contribution in [1.29, 1.82) is 0 Å². The van der Waals surface area contributed by atoms with Gasteiger partial charge in [0.15, 0.2) is 0 Å². The molecule has 0 bridgehead atoms. The average Bonchev–Trinajstić information content (AvgIpc) is 2.18. The van der Waals surface area contributed by atoms with Crippen LogP contribution in [0.15, 0.2) is 18.2 Å². The molecule has 0 aromatic heterocycles. The lowest BCUT2D eigenvalue weighted by Crippen LogP contribution is -2.24. The van der Waals surface area contributed by atoms with Gasteiger partial charge in [0.2, 0.25) is 0 Å². The van der Waals surface area contributed by atoms with E-state index in [1.54, 1.807) is 0 Å². The smallest absolute Gasteiger partial charge is 0.391 e. The summed E-state index contributed by atoms with van der Waals surface area (Å²) in [6, 6.07) is 2.95. The van der Waals surface area contributed by atoms with E-state index in [0.29, 0.717) is 0 Å². The number of carbonyl (C=O) groups is 1. The Labute approximate surface area is 102 Å². The highest BCUT2D eigenvalue weighted by Gasteiger charge is 2.30. The van der Waals surface area contributed by atoms with Gasteiger partial charge in [-0.3, -0.25) is 0 Å². The molecule has 0 saturated carbocycles. The number of carboxylic acids is 1. The highest BCUT2D eigenvalue weighted by atomic mass is 19.4. The number of alkyl halides is 3. The molecule has 0 heterocycles. The monoisotopic (exact) mass is 262 g/mol. The topological polar surface area (TPSA) is 75.3 Å². The Bertz CT molecular complexity index is 446. The van der Waals surface area contributed by atoms with Crippen molar-refractivity contribution >= 4 is 17.3 Å². The van der Waals surface area contributed by atoms with E-state index in [2.05, 4.69) is 5.32 Å². The first-order valence-electron chi connectivity index (χ1n) is 5.15. The Hall–Kier alpha value is -1.92. The van der Waals surface area contributed by atoms with E-state index in [0.717, 1.165) is 0 Å². The molecule has 1 unspecified atom stereocenters. The summed E-state index contributed by atoms with van der Waals surface area (Å²) in [4.78, 5) is 10.7. The SMILES string of the molecule is CC(CC(F)(F)F)Nc1cc(C(=O)O)ccc1N. The van der Waals surface area contributed by atoms with Crippen molar-refractivity contribution in [2.75, 3.05) is 11.1 Å². The van der Waals surface area contributed by atoms with Crippen LogP contribution in [0.3, 0.4) is 0 Å². The Morgan fingerprint density at radius 1 is 1.50 bits per heavy atom. The number of nitrogens with two attached hydrogens (primary N) is 1. The summed E-state index contributed by atoms with van der Waals surface area (Å²) in [5, 5.41) is 11.3. The van der Waals surface area contributed by atoms with Gasteiger partial charge in [0.25, 0.3) is 0 Å². The van der Waals surface area contributed by atoms with E-state index >= 15 is 0 Å². The molecule has 0 spiro atoms. The summed E-state index contributed by atoms with van der Waals surface area (Å²) >= 11 is 0. The molecule has 0 fully saturated rings. The zero-order valence-corrected chi connectivity index (χ0v) is 9.58. The quantitative estimate of drug-likeness (QED) is 0.729. The van der Waals surface area contributed by atoms with E-state index in [1.807, 2.05) is 0 Å². The molecule has 7 heteroatoms. The lowest BCUT2D eigenvalue weighted by Gasteiger charge is -2.18. The van der Waals surface area contributed by atoms with Gasteiger partial charge in [-0.15, -0.1) is 0 Å². The molecule has 0 aliphatic carbocycles. The number of rotatable bonds is 4. The third-order valence-corrected chi connectivity index (χ3v) is 2.24. The van der Waals surface area contributed by atoms with Gasteiger partial charge in [-0.05, 0) is 25.1 Å². The summed E-state index contributed by atoms with van der Waals surface area (Å²) in [5.41, 5.74) is 5.92. The molecule has 1 aromatic carbocycles. The van der Waals surface area contributed by atoms with E-state index < -0.39 is 24.6 Å². The van der Waals surface area contributed by atoms with Crippen LogP contribution in [0.1, 0.15) is 23.7 Å². The highest BCUT2D eigenvalue weighted by molar-refractivity contribution is 5.90. The van der Waals surface area contributed by atoms with Gasteiger partial charge in [-0.25, -0.2) is 4.79 Å². The molecule has 0 amide bonds. The average molecular weight is 262 g/mol. The van der Waals surface area contributed by atoms with Crippen LogP contribution in [0.5, 0.6) is 0 Å². The Balaban J connectivity index is 2.83. The first-order valence-corrected chi connectivity index (χ1v) is 5.15. The van der Waals surface area contributed by atoms with Crippen molar-refractivity contribution in [3.63, 3.8) is 0 Å². The van der Waals surface area contributed by atoms with Crippen LogP contribution < -0.4 is 11.1 Å². The van der Waals surface area contributed by atoms with E-state index in [9.17, 15) is 18.0 Å². The van der Waals surface area contributed by atoms with Crippen LogP contribution in [0.25, 0.3) is 0 Å².